The minimum absolute atomic E-state index is 0.255. The second kappa shape index (κ2) is 5.72. The minimum atomic E-state index is -3.84. The summed E-state index contributed by atoms with van der Waals surface area (Å²) in [7, 11) is -3.84. The van der Waals surface area contributed by atoms with Crippen LogP contribution in [-0.4, -0.2) is 16.2 Å². The van der Waals surface area contributed by atoms with Gasteiger partial charge in [0.1, 0.15) is 6.29 Å². The highest BCUT2D eigenvalue weighted by Gasteiger charge is 2.24. The maximum absolute atomic E-state index is 12.7. The lowest BCUT2D eigenvalue weighted by Gasteiger charge is -2.16. The van der Waals surface area contributed by atoms with E-state index in [-0.39, 0.29) is 5.30 Å². The molecule has 1 aromatic heterocycles. The van der Waals surface area contributed by atoms with Crippen molar-refractivity contribution in [1.29, 1.82) is 0 Å². The second-order valence-electron chi connectivity index (χ2n) is 4.78. The van der Waals surface area contributed by atoms with Crippen LogP contribution in [0.5, 0.6) is 0 Å². The molecular weight excluding hydrogens is 299 g/mol. The second-order valence-corrected chi connectivity index (χ2v) is 6.64. The van der Waals surface area contributed by atoms with Gasteiger partial charge in [-0.3, -0.25) is 14.3 Å². The Hall–Kier alpha value is -2.49. The Morgan fingerprint density at radius 3 is 2.50 bits per heavy atom. The molecule has 0 saturated carbocycles. The SMILES string of the molecule is O=Cc1ccc(NP(=O)(O)c2cccc3cccnc23)cc1. The van der Waals surface area contributed by atoms with Gasteiger partial charge in [-0.2, -0.15) is 0 Å². The Balaban J connectivity index is 2.00. The maximum atomic E-state index is 12.7. The van der Waals surface area contributed by atoms with Crippen molar-refractivity contribution >= 4 is 35.7 Å². The Labute approximate surface area is 127 Å². The molecule has 0 spiro atoms. The first-order chi connectivity index (χ1) is 10.6. The number of anilines is 1. The molecule has 0 aliphatic heterocycles. The first kappa shape index (κ1) is 14.4. The molecule has 3 rings (SSSR count). The van der Waals surface area contributed by atoms with E-state index in [9.17, 15) is 14.3 Å². The van der Waals surface area contributed by atoms with Crippen LogP contribution in [0.3, 0.4) is 0 Å². The van der Waals surface area contributed by atoms with Crippen LogP contribution in [0.4, 0.5) is 5.69 Å². The molecular formula is C16H13N2O3P. The van der Waals surface area contributed by atoms with Crippen LogP contribution in [-0.2, 0) is 4.57 Å². The Bertz CT molecular complexity index is 873. The molecule has 0 aliphatic carbocycles. The first-order valence-corrected chi connectivity index (χ1v) is 8.27. The number of nitrogens with zero attached hydrogens (tertiary/aromatic N) is 1. The number of aromatic nitrogens is 1. The van der Waals surface area contributed by atoms with E-state index in [1.807, 2.05) is 12.1 Å². The van der Waals surface area contributed by atoms with Gasteiger partial charge < -0.3 is 9.98 Å². The van der Waals surface area contributed by atoms with Gasteiger partial charge in [0.2, 0.25) is 0 Å². The van der Waals surface area contributed by atoms with Crippen molar-refractivity contribution in [1.82, 2.24) is 4.98 Å². The van der Waals surface area contributed by atoms with Crippen LogP contribution >= 0.6 is 7.52 Å². The lowest BCUT2D eigenvalue weighted by Crippen LogP contribution is -2.13. The maximum Gasteiger partial charge on any atom is 0.323 e. The van der Waals surface area contributed by atoms with Crippen molar-refractivity contribution in [3.8, 4) is 0 Å². The number of hydrogen-bond acceptors (Lipinski definition) is 3. The van der Waals surface area contributed by atoms with E-state index in [4.69, 9.17) is 0 Å². The zero-order chi connectivity index (χ0) is 15.6. The third-order valence-electron chi connectivity index (χ3n) is 3.27. The van der Waals surface area contributed by atoms with Crippen LogP contribution < -0.4 is 10.4 Å². The fourth-order valence-electron chi connectivity index (χ4n) is 2.20. The summed E-state index contributed by atoms with van der Waals surface area (Å²) in [4.78, 5) is 25.2. The summed E-state index contributed by atoms with van der Waals surface area (Å²) in [6.45, 7) is 0. The van der Waals surface area contributed by atoms with Gasteiger partial charge >= 0.3 is 7.52 Å². The summed E-state index contributed by atoms with van der Waals surface area (Å²) < 4.78 is 12.7. The van der Waals surface area contributed by atoms with Crippen molar-refractivity contribution in [3.05, 3.63) is 66.4 Å². The van der Waals surface area contributed by atoms with Gasteiger partial charge in [-0.05, 0) is 36.4 Å². The highest BCUT2D eigenvalue weighted by Crippen LogP contribution is 2.41. The number of nitrogens with one attached hydrogen (secondary N) is 1. The van der Waals surface area contributed by atoms with E-state index in [1.54, 1.807) is 48.7 Å². The predicted octanol–water partition coefficient (Wildman–Crippen LogP) is 2.97. The summed E-state index contributed by atoms with van der Waals surface area (Å²) in [5.74, 6) is 0. The average molecular weight is 312 g/mol. The van der Waals surface area contributed by atoms with E-state index < -0.39 is 7.52 Å². The van der Waals surface area contributed by atoms with Gasteiger partial charge in [0.25, 0.3) is 0 Å². The van der Waals surface area contributed by atoms with Crippen LogP contribution in [0.15, 0.2) is 60.8 Å². The number of pyridine rings is 1. The molecule has 0 radical (unpaired) electrons. The Morgan fingerprint density at radius 2 is 1.77 bits per heavy atom. The number of benzene rings is 2. The van der Waals surface area contributed by atoms with Gasteiger partial charge in [0, 0.05) is 22.8 Å². The van der Waals surface area contributed by atoms with Gasteiger partial charge in [-0.15, -0.1) is 0 Å². The fraction of sp³-hybridized carbons (Fsp3) is 0. The van der Waals surface area contributed by atoms with Crippen molar-refractivity contribution in [3.63, 3.8) is 0 Å². The molecule has 0 amide bonds. The average Bonchev–Trinajstić information content (AvgIpc) is 2.54. The molecule has 0 fully saturated rings. The molecule has 1 unspecified atom stereocenters. The number of rotatable bonds is 4. The van der Waals surface area contributed by atoms with Crippen LogP contribution in [0.2, 0.25) is 0 Å². The largest absolute Gasteiger partial charge is 0.326 e. The van der Waals surface area contributed by atoms with Gasteiger partial charge in [-0.1, -0.05) is 18.2 Å². The number of fused-ring (bicyclic) bond motifs is 1. The van der Waals surface area contributed by atoms with Gasteiger partial charge in [-0.25, -0.2) is 0 Å². The van der Waals surface area contributed by atoms with E-state index in [1.165, 1.54) is 0 Å². The third kappa shape index (κ3) is 2.77. The highest BCUT2D eigenvalue weighted by molar-refractivity contribution is 7.68. The summed E-state index contributed by atoms with van der Waals surface area (Å²) in [6, 6.07) is 15.1. The Kier molecular flexibility index (Phi) is 3.75. The molecule has 22 heavy (non-hydrogen) atoms. The van der Waals surface area contributed by atoms with Crippen LogP contribution in [0.1, 0.15) is 10.4 Å². The molecule has 6 heteroatoms. The van der Waals surface area contributed by atoms with Crippen LogP contribution in [0, 0.1) is 0 Å². The zero-order valence-electron chi connectivity index (χ0n) is 11.5. The molecule has 1 heterocycles. The van der Waals surface area contributed by atoms with Crippen molar-refractivity contribution < 1.29 is 14.3 Å². The molecule has 0 aliphatic rings. The van der Waals surface area contributed by atoms with E-state index in [0.717, 1.165) is 11.7 Å². The standard InChI is InChI=1S/C16H13N2O3P/c19-11-12-6-8-14(9-7-12)18-22(20,21)15-5-1-3-13-4-2-10-17-16(13)15/h1-11H,(H2,18,20,21). The summed E-state index contributed by atoms with van der Waals surface area (Å²) in [5, 5.41) is 3.69. The highest BCUT2D eigenvalue weighted by atomic mass is 31.2. The van der Waals surface area contributed by atoms with Gasteiger partial charge in [0.05, 0.1) is 10.8 Å². The first-order valence-electron chi connectivity index (χ1n) is 6.61. The number of carbonyl (C=O) groups excluding carboxylic acids is 1. The number of aldehydes is 1. The van der Waals surface area contributed by atoms with Crippen molar-refractivity contribution in [2.24, 2.45) is 0 Å². The number of carbonyl (C=O) groups is 1. The normalized spacial score (nSPS) is 13.5. The molecule has 1 atom stereocenters. The third-order valence-corrected chi connectivity index (χ3v) is 4.84. The topological polar surface area (TPSA) is 79.3 Å². The van der Waals surface area contributed by atoms with E-state index in [0.29, 0.717) is 16.8 Å². The van der Waals surface area contributed by atoms with E-state index >= 15 is 0 Å². The quantitative estimate of drug-likeness (QED) is 0.572. The molecule has 2 aromatic carbocycles. The monoisotopic (exact) mass is 312 g/mol. The van der Waals surface area contributed by atoms with Crippen molar-refractivity contribution in [2.75, 3.05) is 5.09 Å². The lowest BCUT2D eigenvalue weighted by atomic mass is 10.2. The summed E-state index contributed by atoms with van der Waals surface area (Å²) in [5.41, 5.74) is 1.46. The summed E-state index contributed by atoms with van der Waals surface area (Å²) in [6.07, 6.45) is 2.31. The summed E-state index contributed by atoms with van der Waals surface area (Å²) >= 11 is 0. The van der Waals surface area contributed by atoms with Crippen molar-refractivity contribution in [2.45, 2.75) is 0 Å². The van der Waals surface area contributed by atoms with E-state index in [2.05, 4.69) is 10.1 Å². The fourth-order valence-corrected chi connectivity index (χ4v) is 3.59. The molecule has 5 nitrogen and oxygen atoms in total. The molecule has 0 bridgehead atoms. The smallest absolute Gasteiger partial charge is 0.323 e. The molecule has 0 saturated heterocycles. The predicted molar refractivity (Wildman–Crippen MR) is 86.7 cm³/mol. The molecule has 110 valence electrons. The number of para-hydroxylation sites is 1. The number of hydrogen-bond donors (Lipinski definition) is 2. The molecule has 2 N–H and O–H groups in total. The Morgan fingerprint density at radius 1 is 1.05 bits per heavy atom. The lowest BCUT2D eigenvalue weighted by molar-refractivity contribution is 0.112. The minimum Gasteiger partial charge on any atom is -0.326 e. The zero-order valence-corrected chi connectivity index (χ0v) is 12.4. The van der Waals surface area contributed by atoms with Gasteiger partial charge in [0.15, 0.2) is 0 Å². The van der Waals surface area contributed by atoms with Crippen LogP contribution in [0.25, 0.3) is 10.9 Å². The molecule has 3 aromatic rings.